The Morgan fingerprint density at radius 1 is 1.13 bits per heavy atom. The lowest BCUT2D eigenvalue weighted by molar-refractivity contribution is -0.143. The van der Waals surface area contributed by atoms with Crippen molar-refractivity contribution in [2.24, 2.45) is 0 Å². The Kier molecular flexibility index (Phi) is 4.42. The van der Waals surface area contributed by atoms with Crippen molar-refractivity contribution in [1.82, 2.24) is 10.2 Å². The van der Waals surface area contributed by atoms with Crippen molar-refractivity contribution < 1.29 is 9.59 Å². The third-order valence-electron chi connectivity index (χ3n) is 4.21. The second kappa shape index (κ2) is 6.65. The Morgan fingerprint density at radius 2 is 1.83 bits per heavy atom. The maximum Gasteiger partial charge on any atom is 0.247 e. The summed E-state index contributed by atoms with van der Waals surface area (Å²) in [7, 11) is 0. The Labute approximate surface area is 136 Å². The molecule has 1 saturated heterocycles. The SMILES string of the molecule is Cc1ccccc1C1C(=O)NCCN1C(=O)Cc1ccccc1. The molecular formula is C19H20N2O2. The van der Waals surface area contributed by atoms with Crippen LogP contribution in [0, 0.1) is 6.92 Å². The molecule has 23 heavy (non-hydrogen) atoms. The number of hydrogen-bond donors (Lipinski definition) is 1. The third kappa shape index (κ3) is 3.26. The van der Waals surface area contributed by atoms with Crippen molar-refractivity contribution >= 4 is 11.8 Å². The van der Waals surface area contributed by atoms with Gasteiger partial charge in [0.2, 0.25) is 11.8 Å². The molecule has 1 aliphatic heterocycles. The Morgan fingerprint density at radius 3 is 2.57 bits per heavy atom. The highest BCUT2D eigenvalue weighted by Crippen LogP contribution is 2.26. The standard InChI is InChI=1S/C19H20N2O2/c1-14-7-5-6-10-16(14)18-19(23)20-11-12-21(18)17(22)13-15-8-3-2-4-9-15/h2-10,18H,11-13H2,1H3,(H,20,23). The zero-order valence-corrected chi connectivity index (χ0v) is 13.2. The molecule has 2 aromatic carbocycles. The molecular weight excluding hydrogens is 288 g/mol. The summed E-state index contributed by atoms with van der Waals surface area (Å²) < 4.78 is 0. The number of hydrogen-bond acceptors (Lipinski definition) is 2. The maximum absolute atomic E-state index is 12.8. The number of amides is 2. The van der Waals surface area contributed by atoms with E-state index in [1.54, 1.807) is 4.90 Å². The molecule has 0 aromatic heterocycles. The predicted molar refractivity (Wildman–Crippen MR) is 88.8 cm³/mol. The van der Waals surface area contributed by atoms with Gasteiger partial charge in [0.25, 0.3) is 0 Å². The molecule has 2 amide bonds. The molecule has 0 saturated carbocycles. The van der Waals surface area contributed by atoms with Gasteiger partial charge in [-0.05, 0) is 23.6 Å². The fourth-order valence-corrected chi connectivity index (χ4v) is 3.01. The van der Waals surface area contributed by atoms with Crippen molar-refractivity contribution in [3.63, 3.8) is 0 Å². The highest BCUT2D eigenvalue weighted by molar-refractivity contribution is 5.90. The Bertz CT molecular complexity index is 712. The van der Waals surface area contributed by atoms with Crippen LogP contribution in [0.5, 0.6) is 0 Å². The second-order valence-corrected chi connectivity index (χ2v) is 5.80. The molecule has 0 spiro atoms. The van der Waals surface area contributed by atoms with E-state index in [9.17, 15) is 9.59 Å². The smallest absolute Gasteiger partial charge is 0.247 e. The van der Waals surface area contributed by atoms with E-state index in [1.165, 1.54) is 0 Å². The third-order valence-corrected chi connectivity index (χ3v) is 4.21. The lowest BCUT2D eigenvalue weighted by Crippen LogP contribution is -2.52. The van der Waals surface area contributed by atoms with E-state index in [0.29, 0.717) is 19.5 Å². The van der Waals surface area contributed by atoms with Gasteiger partial charge in [0.05, 0.1) is 6.42 Å². The van der Waals surface area contributed by atoms with E-state index in [-0.39, 0.29) is 11.8 Å². The lowest BCUT2D eigenvalue weighted by Gasteiger charge is -2.36. The molecule has 1 N–H and O–H groups in total. The number of aryl methyl sites for hydroxylation is 1. The summed E-state index contributed by atoms with van der Waals surface area (Å²) in [6, 6.07) is 16.8. The Hall–Kier alpha value is -2.62. The van der Waals surface area contributed by atoms with E-state index in [2.05, 4.69) is 5.32 Å². The quantitative estimate of drug-likeness (QED) is 0.945. The molecule has 2 aromatic rings. The van der Waals surface area contributed by atoms with Gasteiger partial charge in [-0.2, -0.15) is 0 Å². The minimum absolute atomic E-state index is 0.0145. The summed E-state index contributed by atoms with van der Waals surface area (Å²) in [6.45, 7) is 3.01. The molecule has 0 radical (unpaired) electrons. The van der Waals surface area contributed by atoms with Gasteiger partial charge >= 0.3 is 0 Å². The molecule has 3 rings (SSSR count). The van der Waals surface area contributed by atoms with Gasteiger partial charge in [0.15, 0.2) is 0 Å². The molecule has 0 aliphatic carbocycles. The zero-order valence-electron chi connectivity index (χ0n) is 13.2. The first-order chi connectivity index (χ1) is 11.2. The summed E-state index contributed by atoms with van der Waals surface area (Å²) in [4.78, 5) is 26.9. The highest BCUT2D eigenvalue weighted by Gasteiger charge is 2.34. The first-order valence-corrected chi connectivity index (χ1v) is 7.83. The van der Waals surface area contributed by atoms with Crippen LogP contribution in [0.25, 0.3) is 0 Å². The topological polar surface area (TPSA) is 49.4 Å². The number of nitrogens with zero attached hydrogens (tertiary/aromatic N) is 1. The number of piperazine rings is 1. The van der Waals surface area contributed by atoms with Crippen LogP contribution in [0.1, 0.15) is 22.7 Å². The van der Waals surface area contributed by atoms with E-state index in [4.69, 9.17) is 0 Å². The molecule has 4 heteroatoms. The van der Waals surface area contributed by atoms with Crippen LogP contribution >= 0.6 is 0 Å². The number of carbonyl (C=O) groups excluding carboxylic acids is 2. The molecule has 1 unspecified atom stereocenters. The summed E-state index contributed by atoms with van der Waals surface area (Å²) >= 11 is 0. The van der Waals surface area contributed by atoms with Gasteiger partial charge in [0, 0.05) is 13.1 Å². The van der Waals surface area contributed by atoms with Crippen LogP contribution in [-0.2, 0) is 16.0 Å². The maximum atomic E-state index is 12.8. The number of rotatable bonds is 3. The van der Waals surface area contributed by atoms with Crippen molar-refractivity contribution in [3.05, 3.63) is 71.3 Å². The average molecular weight is 308 g/mol. The monoisotopic (exact) mass is 308 g/mol. The van der Waals surface area contributed by atoms with Crippen LogP contribution in [0.2, 0.25) is 0 Å². The minimum Gasteiger partial charge on any atom is -0.352 e. The molecule has 0 bridgehead atoms. The van der Waals surface area contributed by atoms with Crippen LogP contribution < -0.4 is 5.32 Å². The van der Waals surface area contributed by atoms with Crippen molar-refractivity contribution in [1.29, 1.82) is 0 Å². The molecule has 4 nitrogen and oxygen atoms in total. The number of nitrogens with one attached hydrogen (secondary N) is 1. The first kappa shape index (κ1) is 15.3. The fourth-order valence-electron chi connectivity index (χ4n) is 3.01. The summed E-state index contributed by atoms with van der Waals surface area (Å²) in [5.74, 6) is -0.119. The normalized spacial score (nSPS) is 17.7. The van der Waals surface area contributed by atoms with Gasteiger partial charge in [-0.15, -0.1) is 0 Å². The fraction of sp³-hybridized carbons (Fsp3) is 0.263. The van der Waals surface area contributed by atoms with E-state index in [0.717, 1.165) is 16.7 Å². The van der Waals surface area contributed by atoms with Crippen molar-refractivity contribution in [3.8, 4) is 0 Å². The molecule has 1 fully saturated rings. The van der Waals surface area contributed by atoms with Crippen LogP contribution in [0.15, 0.2) is 54.6 Å². The van der Waals surface area contributed by atoms with E-state index in [1.807, 2.05) is 61.5 Å². The molecule has 118 valence electrons. The highest BCUT2D eigenvalue weighted by atomic mass is 16.2. The largest absolute Gasteiger partial charge is 0.352 e. The molecule has 1 aliphatic rings. The summed E-state index contributed by atoms with van der Waals surface area (Å²) in [5, 5.41) is 2.87. The average Bonchev–Trinajstić information content (AvgIpc) is 2.56. The van der Waals surface area contributed by atoms with Crippen LogP contribution in [-0.4, -0.2) is 29.8 Å². The number of benzene rings is 2. The van der Waals surface area contributed by atoms with Crippen molar-refractivity contribution in [2.75, 3.05) is 13.1 Å². The van der Waals surface area contributed by atoms with Gasteiger partial charge < -0.3 is 10.2 Å². The van der Waals surface area contributed by atoms with E-state index >= 15 is 0 Å². The number of carbonyl (C=O) groups is 2. The molecule has 1 heterocycles. The summed E-state index contributed by atoms with van der Waals surface area (Å²) in [5.41, 5.74) is 2.88. The first-order valence-electron chi connectivity index (χ1n) is 7.83. The zero-order chi connectivity index (χ0) is 16.2. The van der Waals surface area contributed by atoms with Crippen LogP contribution in [0.3, 0.4) is 0 Å². The second-order valence-electron chi connectivity index (χ2n) is 5.80. The van der Waals surface area contributed by atoms with Crippen LogP contribution in [0.4, 0.5) is 0 Å². The van der Waals surface area contributed by atoms with Gasteiger partial charge in [-0.1, -0.05) is 54.6 Å². The minimum atomic E-state index is -0.541. The van der Waals surface area contributed by atoms with Gasteiger partial charge in [-0.3, -0.25) is 9.59 Å². The Balaban J connectivity index is 1.88. The van der Waals surface area contributed by atoms with Gasteiger partial charge in [-0.25, -0.2) is 0 Å². The molecule has 1 atom stereocenters. The van der Waals surface area contributed by atoms with Gasteiger partial charge in [0.1, 0.15) is 6.04 Å². The summed E-state index contributed by atoms with van der Waals surface area (Å²) in [6.07, 6.45) is 0.316. The van der Waals surface area contributed by atoms with E-state index < -0.39 is 6.04 Å². The predicted octanol–water partition coefficient (Wildman–Crippen LogP) is 2.24. The lowest BCUT2D eigenvalue weighted by atomic mass is 9.97. The van der Waals surface area contributed by atoms with Crippen molar-refractivity contribution in [2.45, 2.75) is 19.4 Å².